The fraction of sp³-hybridized carbons (Fsp3) is 0.667. The summed E-state index contributed by atoms with van der Waals surface area (Å²) in [7, 11) is 0. The largest absolute Gasteiger partial charge is 0.337 e. The minimum Gasteiger partial charge on any atom is -0.337 e. The number of benzene rings is 1. The number of urea groups is 1. The Kier molecular flexibility index (Phi) is 4.28. The molecule has 4 aliphatic carbocycles. The number of nitrogens with zero attached hydrogens (tertiary/aromatic N) is 1. The van der Waals surface area contributed by atoms with Crippen LogP contribution < -0.4 is 5.32 Å². The predicted octanol–water partition coefficient (Wildman–Crippen LogP) is 4.43. The quantitative estimate of drug-likeness (QED) is 0.852. The second-order valence-electron chi connectivity index (χ2n) is 8.58. The number of carbonyl (C=O) groups excluding carboxylic acids is 1. The maximum Gasteiger partial charge on any atom is 0.317 e. The van der Waals surface area contributed by atoms with Crippen LogP contribution >= 0.6 is 0 Å². The fourth-order valence-corrected chi connectivity index (χ4v) is 6.01. The summed E-state index contributed by atoms with van der Waals surface area (Å²) in [6.45, 7) is 4.40. The molecule has 0 atom stereocenters. The van der Waals surface area contributed by atoms with Crippen molar-refractivity contribution in [1.82, 2.24) is 10.2 Å². The lowest BCUT2D eigenvalue weighted by Crippen LogP contribution is -2.52. The first-order valence-corrected chi connectivity index (χ1v) is 9.72. The van der Waals surface area contributed by atoms with Gasteiger partial charge < -0.3 is 10.2 Å². The first kappa shape index (κ1) is 16.0. The minimum atomic E-state index is 0.108. The molecule has 0 radical (unpaired) electrons. The molecule has 0 aliphatic heterocycles. The molecule has 4 bridgehead atoms. The third kappa shape index (κ3) is 3.18. The van der Waals surface area contributed by atoms with Crippen molar-refractivity contribution in [1.29, 1.82) is 0 Å². The molecule has 4 aliphatic rings. The van der Waals surface area contributed by atoms with E-state index in [-0.39, 0.29) is 6.03 Å². The number of hydrogen-bond acceptors (Lipinski definition) is 1. The van der Waals surface area contributed by atoms with Crippen LogP contribution in [-0.2, 0) is 6.54 Å². The number of carbonyl (C=O) groups is 1. The third-order valence-electron chi connectivity index (χ3n) is 6.66. The zero-order valence-electron chi connectivity index (χ0n) is 14.8. The van der Waals surface area contributed by atoms with Crippen LogP contribution in [0.5, 0.6) is 0 Å². The molecule has 4 fully saturated rings. The number of nitrogens with one attached hydrogen (secondary N) is 1. The Labute approximate surface area is 145 Å². The highest BCUT2D eigenvalue weighted by Gasteiger charge is 2.50. The lowest BCUT2D eigenvalue weighted by atomic mass is 9.49. The Morgan fingerprint density at radius 2 is 1.67 bits per heavy atom. The summed E-state index contributed by atoms with van der Waals surface area (Å²) in [4.78, 5) is 14.6. The summed E-state index contributed by atoms with van der Waals surface area (Å²) in [6, 6.07) is 10.4. The highest BCUT2D eigenvalue weighted by molar-refractivity contribution is 5.74. The minimum absolute atomic E-state index is 0.108. The Bertz CT molecular complexity index is 547. The van der Waals surface area contributed by atoms with Crippen LogP contribution in [0.1, 0.15) is 51.0 Å². The molecule has 3 nitrogen and oxygen atoms in total. The number of rotatable bonds is 5. The van der Waals surface area contributed by atoms with Crippen molar-refractivity contribution in [3.63, 3.8) is 0 Å². The average Bonchev–Trinajstić information content (AvgIpc) is 2.57. The van der Waals surface area contributed by atoms with Gasteiger partial charge in [0.05, 0.1) is 0 Å². The second-order valence-corrected chi connectivity index (χ2v) is 8.58. The summed E-state index contributed by atoms with van der Waals surface area (Å²) in [6.07, 6.45) is 8.44. The molecule has 1 aromatic carbocycles. The van der Waals surface area contributed by atoms with Crippen molar-refractivity contribution in [2.24, 2.45) is 23.2 Å². The van der Waals surface area contributed by atoms with Gasteiger partial charge in [0.1, 0.15) is 0 Å². The standard InChI is InChI=1S/C21H30N2O/c1-2-23(14-16-6-4-3-5-7-16)20(24)22-15-21-11-17-8-18(12-21)10-19(9-17)13-21/h3-7,17-19H,2,8-15H2,1H3,(H,22,24). The molecule has 130 valence electrons. The van der Waals surface area contributed by atoms with Crippen molar-refractivity contribution < 1.29 is 4.79 Å². The SMILES string of the molecule is CCN(Cc1ccccc1)C(=O)NCC12CC3CC(CC(C3)C1)C2. The van der Waals surface area contributed by atoms with Crippen LogP contribution in [0.2, 0.25) is 0 Å². The lowest BCUT2D eigenvalue weighted by molar-refractivity contribution is -0.0502. The molecule has 24 heavy (non-hydrogen) atoms. The summed E-state index contributed by atoms with van der Waals surface area (Å²) >= 11 is 0. The molecule has 0 spiro atoms. The van der Waals surface area contributed by atoms with Crippen LogP contribution in [-0.4, -0.2) is 24.0 Å². The van der Waals surface area contributed by atoms with Crippen LogP contribution in [0, 0.1) is 23.2 Å². The molecule has 0 unspecified atom stereocenters. The van der Waals surface area contributed by atoms with Crippen molar-refractivity contribution in [2.75, 3.05) is 13.1 Å². The molecule has 0 heterocycles. The highest BCUT2D eigenvalue weighted by atomic mass is 16.2. The fourth-order valence-electron chi connectivity index (χ4n) is 6.01. The van der Waals surface area contributed by atoms with Gasteiger partial charge in [-0.1, -0.05) is 30.3 Å². The Morgan fingerprint density at radius 1 is 1.08 bits per heavy atom. The van der Waals surface area contributed by atoms with Gasteiger partial charge in [0.15, 0.2) is 0 Å². The van der Waals surface area contributed by atoms with Gasteiger partial charge in [0.25, 0.3) is 0 Å². The van der Waals surface area contributed by atoms with Gasteiger partial charge in [-0.3, -0.25) is 0 Å². The summed E-state index contributed by atoms with van der Waals surface area (Å²) < 4.78 is 0. The highest BCUT2D eigenvalue weighted by Crippen LogP contribution is 2.59. The van der Waals surface area contributed by atoms with E-state index in [0.29, 0.717) is 12.0 Å². The molecule has 1 N–H and O–H groups in total. The van der Waals surface area contributed by atoms with E-state index in [1.807, 2.05) is 23.1 Å². The molecular weight excluding hydrogens is 296 g/mol. The molecular formula is C21H30N2O. The van der Waals surface area contributed by atoms with E-state index >= 15 is 0 Å². The van der Waals surface area contributed by atoms with Gasteiger partial charge in [-0.05, 0) is 74.2 Å². The van der Waals surface area contributed by atoms with E-state index in [1.54, 1.807) is 0 Å². The Morgan fingerprint density at radius 3 is 2.21 bits per heavy atom. The van der Waals surface area contributed by atoms with E-state index in [2.05, 4.69) is 24.4 Å². The molecule has 3 heteroatoms. The first-order valence-electron chi connectivity index (χ1n) is 9.72. The molecule has 5 rings (SSSR count). The molecule has 4 saturated carbocycles. The van der Waals surface area contributed by atoms with Crippen LogP contribution in [0.15, 0.2) is 30.3 Å². The Hall–Kier alpha value is -1.51. The number of hydrogen-bond donors (Lipinski definition) is 1. The lowest BCUT2D eigenvalue weighted by Gasteiger charge is -2.57. The molecule has 2 amide bonds. The zero-order chi connectivity index (χ0) is 16.6. The van der Waals surface area contributed by atoms with Crippen molar-refractivity contribution in [3.8, 4) is 0 Å². The zero-order valence-corrected chi connectivity index (χ0v) is 14.8. The third-order valence-corrected chi connectivity index (χ3v) is 6.66. The van der Waals surface area contributed by atoms with E-state index in [0.717, 1.165) is 30.8 Å². The van der Waals surface area contributed by atoms with Gasteiger partial charge in [-0.15, -0.1) is 0 Å². The van der Waals surface area contributed by atoms with Gasteiger partial charge in [-0.2, -0.15) is 0 Å². The van der Waals surface area contributed by atoms with Crippen LogP contribution in [0.4, 0.5) is 4.79 Å². The first-order chi connectivity index (χ1) is 11.7. The van der Waals surface area contributed by atoms with E-state index in [1.165, 1.54) is 44.1 Å². The van der Waals surface area contributed by atoms with Gasteiger partial charge in [0.2, 0.25) is 0 Å². The molecule has 0 aromatic heterocycles. The Balaban J connectivity index is 1.35. The van der Waals surface area contributed by atoms with Gasteiger partial charge in [-0.25, -0.2) is 4.79 Å². The summed E-state index contributed by atoms with van der Waals surface area (Å²) in [5, 5.41) is 3.30. The van der Waals surface area contributed by atoms with Gasteiger partial charge >= 0.3 is 6.03 Å². The smallest absolute Gasteiger partial charge is 0.317 e. The van der Waals surface area contributed by atoms with Crippen molar-refractivity contribution in [3.05, 3.63) is 35.9 Å². The average molecular weight is 326 g/mol. The van der Waals surface area contributed by atoms with Gasteiger partial charge in [0, 0.05) is 19.6 Å². The van der Waals surface area contributed by atoms with E-state index < -0.39 is 0 Å². The normalized spacial score (nSPS) is 33.5. The topological polar surface area (TPSA) is 32.3 Å². The second kappa shape index (κ2) is 6.42. The maximum atomic E-state index is 12.7. The van der Waals surface area contributed by atoms with Crippen molar-refractivity contribution >= 4 is 6.03 Å². The molecule has 0 saturated heterocycles. The number of amides is 2. The molecule has 1 aromatic rings. The van der Waals surface area contributed by atoms with Crippen molar-refractivity contribution in [2.45, 2.75) is 52.0 Å². The maximum absolute atomic E-state index is 12.7. The summed E-state index contributed by atoms with van der Waals surface area (Å²) in [5.74, 6) is 2.83. The van der Waals surface area contributed by atoms with Crippen LogP contribution in [0.25, 0.3) is 0 Å². The van der Waals surface area contributed by atoms with E-state index in [4.69, 9.17) is 0 Å². The summed E-state index contributed by atoms with van der Waals surface area (Å²) in [5.41, 5.74) is 1.61. The predicted molar refractivity (Wildman–Crippen MR) is 96.5 cm³/mol. The van der Waals surface area contributed by atoms with E-state index in [9.17, 15) is 4.79 Å². The van der Waals surface area contributed by atoms with Crippen LogP contribution in [0.3, 0.4) is 0 Å². The monoisotopic (exact) mass is 326 g/mol.